The Hall–Kier alpha value is -1.35. The summed E-state index contributed by atoms with van der Waals surface area (Å²) in [6.45, 7) is 3.44. The van der Waals surface area contributed by atoms with Crippen LogP contribution in [0.5, 0.6) is 0 Å². The largest absolute Gasteiger partial charge is 0.457 e. The zero-order valence-corrected chi connectivity index (χ0v) is 8.44. The van der Waals surface area contributed by atoms with Gasteiger partial charge in [-0.2, -0.15) is 0 Å². The molecule has 0 saturated carbocycles. The zero-order valence-electron chi connectivity index (χ0n) is 8.44. The molecule has 76 valence electrons. The summed E-state index contributed by atoms with van der Waals surface area (Å²) >= 11 is 0. The van der Waals surface area contributed by atoms with E-state index in [1.54, 1.807) is 6.92 Å². The van der Waals surface area contributed by atoms with Crippen LogP contribution in [-0.2, 0) is 9.53 Å². The van der Waals surface area contributed by atoms with Gasteiger partial charge in [0, 0.05) is 0 Å². The van der Waals surface area contributed by atoms with Gasteiger partial charge in [0.25, 0.3) is 0 Å². The van der Waals surface area contributed by atoms with Crippen molar-refractivity contribution in [3.63, 3.8) is 0 Å². The van der Waals surface area contributed by atoms with Gasteiger partial charge in [0.1, 0.15) is 12.1 Å². The van der Waals surface area contributed by atoms with Gasteiger partial charge in [-0.05, 0) is 19.4 Å². The Morgan fingerprint density at radius 2 is 1.86 bits per heavy atom. The van der Waals surface area contributed by atoms with E-state index in [0.717, 1.165) is 5.56 Å². The maximum absolute atomic E-state index is 11.2. The molecule has 0 aliphatic rings. The first-order valence-electron chi connectivity index (χ1n) is 4.62. The minimum absolute atomic E-state index is 0.241. The summed E-state index contributed by atoms with van der Waals surface area (Å²) in [6.07, 6.45) is -0.241. The molecule has 0 aliphatic heterocycles. The molecule has 2 N–H and O–H groups in total. The molecule has 3 heteroatoms. The van der Waals surface area contributed by atoms with E-state index >= 15 is 0 Å². The Morgan fingerprint density at radius 3 is 2.36 bits per heavy atom. The Balaban J connectivity index is 2.59. The van der Waals surface area contributed by atoms with E-state index in [4.69, 9.17) is 10.5 Å². The van der Waals surface area contributed by atoms with Crippen LogP contribution in [0.1, 0.15) is 25.5 Å². The lowest BCUT2D eigenvalue weighted by Gasteiger charge is -2.14. The summed E-state index contributed by atoms with van der Waals surface area (Å²) in [4.78, 5) is 11.2. The molecule has 0 radical (unpaired) electrons. The molecule has 0 saturated heterocycles. The van der Waals surface area contributed by atoms with Crippen molar-refractivity contribution in [2.45, 2.75) is 26.0 Å². The molecule has 1 rings (SSSR count). The van der Waals surface area contributed by atoms with E-state index in [2.05, 4.69) is 0 Å². The Labute approximate surface area is 83.9 Å². The minimum atomic E-state index is -0.568. The van der Waals surface area contributed by atoms with Crippen LogP contribution in [0.15, 0.2) is 30.3 Å². The second-order valence-corrected chi connectivity index (χ2v) is 3.28. The predicted molar refractivity (Wildman–Crippen MR) is 54.6 cm³/mol. The van der Waals surface area contributed by atoms with Crippen molar-refractivity contribution in [1.29, 1.82) is 0 Å². The van der Waals surface area contributed by atoms with E-state index < -0.39 is 6.04 Å². The van der Waals surface area contributed by atoms with E-state index in [9.17, 15) is 4.79 Å². The van der Waals surface area contributed by atoms with Gasteiger partial charge in [-0.3, -0.25) is 4.79 Å². The van der Waals surface area contributed by atoms with Gasteiger partial charge in [-0.1, -0.05) is 30.3 Å². The van der Waals surface area contributed by atoms with Gasteiger partial charge < -0.3 is 10.5 Å². The molecule has 1 unspecified atom stereocenters. The molecule has 0 spiro atoms. The summed E-state index contributed by atoms with van der Waals surface area (Å²) in [7, 11) is 0. The van der Waals surface area contributed by atoms with Crippen LogP contribution in [0.25, 0.3) is 0 Å². The summed E-state index contributed by atoms with van der Waals surface area (Å²) < 4.78 is 5.13. The number of ether oxygens (including phenoxy) is 1. The van der Waals surface area contributed by atoms with E-state index in [1.165, 1.54) is 0 Å². The highest BCUT2D eigenvalue weighted by atomic mass is 16.5. The molecule has 2 atom stereocenters. The highest BCUT2D eigenvalue weighted by molar-refractivity contribution is 5.75. The maximum atomic E-state index is 11.2. The van der Waals surface area contributed by atoms with E-state index in [1.807, 2.05) is 37.3 Å². The van der Waals surface area contributed by atoms with Crippen molar-refractivity contribution in [3.05, 3.63) is 35.9 Å². The first-order chi connectivity index (χ1) is 6.61. The normalized spacial score (nSPS) is 14.5. The number of hydrogen-bond donors (Lipinski definition) is 1. The molecular weight excluding hydrogens is 178 g/mol. The molecule has 0 aromatic heterocycles. The fourth-order valence-electron chi connectivity index (χ4n) is 1.07. The Morgan fingerprint density at radius 1 is 1.29 bits per heavy atom. The van der Waals surface area contributed by atoms with Crippen LogP contribution in [0.2, 0.25) is 0 Å². The lowest BCUT2D eigenvalue weighted by Crippen LogP contribution is -2.29. The molecule has 1 aromatic carbocycles. The standard InChI is InChI=1S/C11H15NO2/c1-8(12)11(13)14-9(2)10-6-4-3-5-7-10/h3-9H,12H2,1-2H3/t8-,9?/m0/s1. The predicted octanol–water partition coefficient (Wildman–Crippen LogP) is 1.64. The number of carbonyl (C=O) groups excluding carboxylic acids is 1. The van der Waals surface area contributed by atoms with Gasteiger partial charge in [-0.15, -0.1) is 0 Å². The summed E-state index contributed by atoms with van der Waals surface area (Å²) in [6, 6.07) is 9.00. The third-order valence-corrected chi connectivity index (χ3v) is 1.93. The molecule has 0 aliphatic carbocycles. The third-order valence-electron chi connectivity index (χ3n) is 1.93. The summed E-state index contributed by atoms with van der Waals surface area (Å²) in [5, 5.41) is 0. The van der Waals surface area contributed by atoms with Crippen LogP contribution in [0.3, 0.4) is 0 Å². The van der Waals surface area contributed by atoms with Crippen molar-refractivity contribution >= 4 is 5.97 Å². The number of carbonyl (C=O) groups is 1. The molecular formula is C11H15NO2. The quantitative estimate of drug-likeness (QED) is 0.742. The van der Waals surface area contributed by atoms with Gasteiger partial charge in [0.15, 0.2) is 0 Å². The van der Waals surface area contributed by atoms with Crippen molar-refractivity contribution in [1.82, 2.24) is 0 Å². The SMILES string of the molecule is CC(OC(=O)[C@H](C)N)c1ccccc1. The second kappa shape index (κ2) is 4.77. The van der Waals surface area contributed by atoms with Crippen molar-refractivity contribution in [2.75, 3.05) is 0 Å². The highest BCUT2D eigenvalue weighted by Crippen LogP contribution is 2.16. The van der Waals surface area contributed by atoms with Crippen LogP contribution in [-0.4, -0.2) is 12.0 Å². The lowest BCUT2D eigenvalue weighted by atomic mass is 10.1. The molecule has 3 nitrogen and oxygen atoms in total. The van der Waals surface area contributed by atoms with Crippen LogP contribution < -0.4 is 5.73 Å². The second-order valence-electron chi connectivity index (χ2n) is 3.28. The molecule has 0 amide bonds. The van der Waals surface area contributed by atoms with Gasteiger partial charge >= 0.3 is 5.97 Å². The number of nitrogens with two attached hydrogens (primary N) is 1. The molecule has 0 fully saturated rings. The van der Waals surface area contributed by atoms with Crippen molar-refractivity contribution in [2.24, 2.45) is 5.73 Å². The van der Waals surface area contributed by atoms with Crippen molar-refractivity contribution < 1.29 is 9.53 Å². The number of hydrogen-bond acceptors (Lipinski definition) is 3. The van der Waals surface area contributed by atoms with Crippen LogP contribution >= 0.6 is 0 Å². The minimum Gasteiger partial charge on any atom is -0.457 e. The van der Waals surface area contributed by atoms with Gasteiger partial charge in [0.05, 0.1) is 0 Å². The van der Waals surface area contributed by atoms with Gasteiger partial charge in [0.2, 0.25) is 0 Å². The molecule has 0 heterocycles. The maximum Gasteiger partial charge on any atom is 0.323 e. The smallest absolute Gasteiger partial charge is 0.323 e. The van der Waals surface area contributed by atoms with Crippen LogP contribution in [0.4, 0.5) is 0 Å². The van der Waals surface area contributed by atoms with Gasteiger partial charge in [-0.25, -0.2) is 0 Å². The van der Waals surface area contributed by atoms with E-state index in [-0.39, 0.29) is 12.1 Å². The first-order valence-corrected chi connectivity index (χ1v) is 4.62. The third kappa shape index (κ3) is 2.85. The topological polar surface area (TPSA) is 52.3 Å². The molecule has 0 bridgehead atoms. The monoisotopic (exact) mass is 193 g/mol. The zero-order chi connectivity index (χ0) is 10.6. The fourth-order valence-corrected chi connectivity index (χ4v) is 1.07. The summed E-state index contributed by atoms with van der Waals surface area (Å²) in [5.74, 6) is -0.374. The summed E-state index contributed by atoms with van der Waals surface area (Å²) in [5.41, 5.74) is 6.36. The fraction of sp³-hybridized carbons (Fsp3) is 0.364. The van der Waals surface area contributed by atoms with Crippen molar-refractivity contribution in [3.8, 4) is 0 Å². The van der Waals surface area contributed by atoms with Crippen LogP contribution in [0, 0.1) is 0 Å². The highest BCUT2D eigenvalue weighted by Gasteiger charge is 2.14. The number of rotatable bonds is 3. The first kappa shape index (κ1) is 10.7. The molecule has 1 aromatic rings. The van der Waals surface area contributed by atoms with E-state index in [0.29, 0.717) is 0 Å². The lowest BCUT2D eigenvalue weighted by molar-refractivity contribution is -0.149. The molecule has 14 heavy (non-hydrogen) atoms. The Bertz CT molecular complexity index is 295. The number of esters is 1. The average Bonchev–Trinajstić information content (AvgIpc) is 2.19. The number of benzene rings is 1. The Kier molecular flexibility index (Phi) is 3.65. The average molecular weight is 193 g/mol.